The predicted octanol–water partition coefficient (Wildman–Crippen LogP) is 22.5. The van der Waals surface area contributed by atoms with Crippen LogP contribution in [0.15, 0.2) is 437 Å². The maximum Gasteiger partial charge on any atom is 0.488 e. The van der Waals surface area contributed by atoms with Crippen LogP contribution in [0.4, 0.5) is 0 Å². The van der Waals surface area contributed by atoms with Crippen molar-refractivity contribution in [2.45, 2.75) is 6.92 Å². The van der Waals surface area contributed by atoms with Gasteiger partial charge in [-0.3, -0.25) is 0 Å². The highest BCUT2D eigenvalue weighted by atomic mass is 16.4. The summed E-state index contributed by atoms with van der Waals surface area (Å²) in [6, 6.07) is 150. The van der Waals surface area contributed by atoms with Crippen LogP contribution in [0, 0.1) is 6.92 Å². The van der Waals surface area contributed by atoms with E-state index >= 15 is 0 Å². The molecule has 0 saturated carbocycles. The van der Waals surface area contributed by atoms with Crippen molar-refractivity contribution < 1.29 is 30.1 Å². The van der Waals surface area contributed by atoms with Gasteiger partial charge in [-0.2, -0.15) is 0 Å². The lowest BCUT2D eigenvalue weighted by molar-refractivity contribution is 0.424. The average Bonchev–Trinajstić information content (AvgIpc) is 1.62. The maximum atomic E-state index is 9.74. The fourth-order valence-electron chi connectivity index (χ4n) is 17.2. The Morgan fingerprint density at radius 1 is 0.156 bits per heavy atom. The van der Waals surface area contributed by atoms with Crippen molar-refractivity contribution in [1.29, 1.82) is 0 Å². The van der Waals surface area contributed by atoms with Gasteiger partial charge in [0.15, 0.2) is 0 Å². The summed E-state index contributed by atoms with van der Waals surface area (Å²) in [6.45, 7) is 2.14. The van der Waals surface area contributed by atoms with Crippen molar-refractivity contribution in [2.75, 3.05) is 0 Å². The lowest BCUT2D eigenvalue weighted by Crippen LogP contribution is -2.29. The molecule has 22 rings (SSSR count). The molecule has 582 valence electrons. The zero-order chi connectivity index (χ0) is 82.7. The smallest absolute Gasteiger partial charge is 0.423 e. The van der Waals surface area contributed by atoms with E-state index in [-0.39, 0.29) is 0 Å². The molecule has 0 atom stereocenters. The predicted molar refractivity (Wildman–Crippen MR) is 510 cm³/mol. The van der Waals surface area contributed by atoms with Crippen LogP contribution in [0.25, 0.3) is 177 Å². The number of para-hydroxylation sites is 4. The molecule has 122 heavy (non-hydrogen) atoms. The van der Waals surface area contributed by atoms with E-state index in [2.05, 4.69) is 359 Å². The third kappa shape index (κ3) is 15.3. The van der Waals surface area contributed by atoms with E-state index in [1.165, 1.54) is 110 Å². The highest BCUT2D eigenvalue weighted by Gasteiger charge is 2.22. The molecule has 13 heteroatoms. The highest BCUT2D eigenvalue weighted by Crippen LogP contribution is 2.42. The molecule has 4 heterocycles. The first-order chi connectivity index (χ1) is 59.9. The van der Waals surface area contributed by atoms with E-state index < -0.39 is 21.4 Å². The Balaban J connectivity index is 0.000000108. The molecule has 18 aromatic carbocycles. The van der Waals surface area contributed by atoms with Gasteiger partial charge in [-0.1, -0.05) is 315 Å². The molecule has 0 aliphatic heterocycles. The van der Waals surface area contributed by atoms with Crippen molar-refractivity contribution in [3.05, 3.63) is 442 Å². The van der Waals surface area contributed by atoms with Crippen molar-refractivity contribution in [3.63, 3.8) is 0 Å². The molecule has 0 saturated heterocycles. The average molecular weight is 1580 g/mol. The lowest BCUT2D eigenvalue weighted by Gasteiger charge is -2.10. The van der Waals surface area contributed by atoms with Gasteiger partial charge in [0.1, 0.15) is 0 Å². The van der Waals surface area contributed by atoms with Crippen LogP contribution in [0.1, 0.15) is 5.56 Å². The summed E-state index contributed by atoms with van der Waals surface area (Å²) in [7, 11) is -4.43. The number of aryl methyl sites for hydroxylation is 1. The number of hydrogen-bond acceptors (Lipinski definition) is 6. The van der Waals surface area contributed by atoms with E-state index in [1.807, 2.05) is 72.8 Å². The summed E-state index contributed by atoms with van der Waals surface area (Å²) in [5, 5.41) is 66.8. The van der Waals surface area contributed by atoms with Crippen molar-refractivity contribution in [2.24, 2.45) is 0 Å². The van der Waals surface area contributed by atoms with E-state index in [1.54, 1.807) is 30.3 Å². The second kappa shape index (κ2) is 33.8. The monoisotopic (exact) mass is 1570 g/mol. The Morgan fingerprint density at radius 2 is 0.393 bits per heavy atom. The third-order valence-corrected chi connectivity index (χ3v) is 23.1. The number of benzene rings is 18. The minimum absolute atomic E-state index is 0.467. The first-order valence-corrected chi connectivity index (χ1v) is 40.9. The van der Waals surface area contributed by atoms with Gasteiger partial charge in [-0.15, -0.1) is 0 Å². The Morgan fingerprint density at radius 3 is 0.762 bits per heavy atom. The van der Waals surface area contributed by atoms with Crippen LogP contribution >= 0.6 is 0 Å². The molecule has 10 nitrogen and oxygen atoms in total. The largest absolute Gasteiger partial charge is 0.488 e. The maximum absolute atomic E-state index is 9.74. The fourth-order valence-corrected chi connectivity index (χ4v) is 17.2. The van der Waals surface area contributed by atoms with Crippen LogP contribution in [-0.4, -0.2) is 69.8 Å². The van der Waals surface area contributed by atoms with E-state index in [9.17, 15) is 30.1 Å². The first kappa shape index (κ1) is 77.1. The molecule has 4 aromatic heterocycles. The molecule has 0 fully saturated rings. The summed E-state index contributed by atoms with van der Waals surface area (Å²) < 4.78 is 9.09. The van der Waals surface area contributed by atoms with Gasteiger partial charge in [0.2, 0.25) is 0 Å². The summed E-state index contributed by atoms with van der Waals surface area (Å²) in [4.78, 5) is 0. The fraction of sp³-hybridized carbons (Fsp3) is 0.00917. The SMILES string of the molecule is Cc1cccc(-c2cccc(-n3c4ccccc4c4ccccc43)c2)c1.OB(O)c1ccc(-c2ccc3c(c2)c2ccccc2n3-c2ccccc2)cc1.OB(O)c1ccc(-n2c3ccc(-c4ccccc4)cc3c3cc(-c4ccccc4)ccc32)cc1.OB(O)c1cccc(-n2c3ccc(-c4ccccc4)cc3c3cc(-c4ccccc4)ccc32)c1. The molecule has 22 aromatic rings. The van der Waals surface area contributed by atoms with Crippen molar-refractivity contribution in [1.82, 2.24) is 18.3 Å². The highest BCUT2D eigenvalue weighted by molar-refractivity contribution is 6.59. The van der Waals surface area contributed by atoms with Gasteiger partial charge < -0.3 is 48.4 Å². The Labute approximate surface area is 707 Å². The Hall–Kier alpha value is -14.9. The van der Waals surface area contributed by atoms with Crippen LogP contribution in [-0.2, 0) is 0 Å². The van der Waals surface area contributed by atoms with Crippen LogP contribution in [0.2, 0.25) is 0 Å². The molecular formula is C109H81B3N4O6. The lowest BCUT2D eigenvalue weighted by atomic mass is 9.80. The van der Waals surface area contributed by atoms with Gasteiger partial charge >= 0.3 is 21.4 Å². The summed E-state index contributed by atoms with van der Waals surface area (Å²) in [5.74, 6) is 0. The van der Waals surface area contributed by atoms with Crippen LogP contribution < -0.4 is 16.4 Å². The second-order valence-corrected chi connectivity index (χ2v) is 30.7. The Bertz CT molecular complexity index is 7300. The van der Waals surface area contributed by atoms with E-state index in [0.717, 1.165) is 72.2 Å². The normalized spacial score (nSPS) is 11.2. The van der Waals surface area contributed by atoms with Gasteiger partial charge in [0.25, 0.3) is 0 Å². The van der Waals surface area contributed by atoms with Crippen LogP contribution in [0.3, 0.4) is 0 Å². The van der Waals surface area contributed by atoms with Gasteiger partial charge in [-0.25, -0.2) is 0 Å². The number of rotatable bonds is 13. The molecule has 0 aliphatic rings. The summed E-state index contributed by atoms with van der Waals surface area (Å²) >= 11 is 0. The molecule has 6 N–H and O–H groups in total. The Kier molecular flexibility index (Phi) is 21.4. The van der Waals surface area contributed by atoms with E-state index in [4.69, 9.17) is 0 Å². The molecular weight excluding hydrogens is 1490 g/mol. The number of hydrogen-bond donors (Lipinski definition) is 6. The second-order valence-electron chi connectivity index (χ2n) is 30.7. The molecule has 0 radical (unpaired) electrons. The van der Waals surface area contributed by atoms with E-state index in [0.29, 0.717) is 16.4 Å². The minimum Gasteiger partial charge on any atom is -0.423 e. The topological polar surface area (TPSA) is 141 Å². The van der Waals surface area contributed by atoms with Crippen LogP contribution in [0.5, 0.6) is 0 Å². The molecule has 0 unspecified atom stereocenters. The number of aromatic nitrogens is 4. The minimum atomic E-state index is -1.51. The number of fused-ring (bicyclic) bond motifs is 12. The quantitative estimate of drug-likeness (QED) is 0.0635. The summed E-state index contributed by atoms with van der Waals surface area (Å²) in [6.07, 6.45) is 0. The summed E-state index contributed by atoms with van der Waals surface area (Å²) in [5.41, 5.74) is 30.2. The van der Waals surface area contributed by atoms with Gasteiger partial charge in [0, 0.05) is 65.8 Å². The van der Waals surface area contributed by atoms with Crippen molar-refractivity contribution in [3.8, 4) is 89.5 Å². The third-order valence-electron chi connectivity index (χ3n) is 23.1. The zero-order valence-electron chi connectivity index (χ0n) is 66.8. The standard InChI is InChI=1S/2C30H22BNO2.C25H19N.C24H18BNO2/c33-31(34)25-12-7-13-26(20-25)32-29-16-14-23(21-8-3-1-4-9-21)18-27(29)28-19-24(15-17-30(28)32)22-10-5-2-6-11-22;33-31(34)25-13-15-26(16-14-25)32-29-17-11-23(21-7-3-1-4-8-21)19-27(29)28-20-24(12-18-30(28)32)22-9-5-2-6-10-22;1-18-8-6-9-19(16-18)20-10-7-11-21(17-20)26-24-14-4-2-12-22(24)23-13-3-5-15-25(23)26;27-25(28)19-13-10-17(11-14-19)18-12-15-24-22(16-18)21-8-4-5-9-23(21)26(24)20-6-2-1-3-7-20/h2*1-20,33-34H;2-17H,1H3;1-16,27-28H. The van der Waals surface area contributed by atoms with Gasteiger partial charge in [0.05, 0.1) is 44.1 Å². The molecule has 0 aliphatic carbocycles. The molecule has 0 spiro atoms. The van der Waals surface area contributed by atoms with Gasteiger partial charge in [-0.05, 0) is 217 Å². The zero-order valence-corrected chi connectivity index (χ0v) is 66.8. The van der Waals surface area contributed by atoms with Crippen molar-refractivity contribution >= 4 is 125 Å². The molecule has 0 amide bonds. The first-order valence-electron chi connectivity index (χ1n) is 40.9. The number of nitrogens with zero attached hydrogens (tertiary/aromatic N) is 4. The molecule has 0 bridgehead atoms.